The van der Waals surface area contributed by atoms with Crippen molar-refractivity contribution in [2.75, 3.05) is 13.6 Å². The number of benzene rings is 1. The molecule has 9 nitrogen and oxygen atoms in total. The van der Waals surface area contributed by atoms with Gasteiger partial charge in [0.1, 0.15) is 18.1 Å². The average molecular weight is 560 g/mol. The number of likely N-dealkylation sites (tertiary alicyclic amines) is 1. The first kappa shape index (κ1) is 27.9. The number of fused-ring (bicyclic) bond motifs is 2. The second-order valence-electron chi connectivity index (χ2n) is 11.6. The Hall–Kier alpha value is -3.62. The minimum absolute atomic E-state index is 0.0276. The van der Waals surface area contributed by atoms with E-state index in [0.717, 1.165) is 41.7 Å². The number of halogens is 3. The fraction of sp³-hybridized carbons (Fsp3) is 0.607. The third-order valence-corrected chi connectivity index (χ3v) is 8.68. The molecule has 12 heteroatoms. The maximum Gasteiger partial charge on any atom is 0.471 e. The summed E-state index contributed by atoms with van der Waals surface area (Å²) >= 11 is 0. The molecule has 0 unspecified atom stereocenters. The number of alkyl halides is 3. The number of nitrogens with one attached hydrogen (secondary N) is 2. The molecule has 40 heavy (non-hydrogen) atoms. The monoisotopic (exact) mass is 559 g/mol. The minimum Gasteiger partial charge on any atom is -0.351 e. The standard InChI is InChI=1S/C28H32F3N5O4/c1-35(23(37)21(10-16-6-7-16)34-26(40)28(29,30)31)22(11-17-8-9-17)24(38)36-15-27(12-19(36)13-32)20-5-3-2-4-18(20)14-33-25(27)39/h2-5,16-17,19,21-22H,6-12,14-15H2,1H3,(H,33,39)(H,34,40)/t19-,21-,22-,27-/m0/s1. The summed E-state index contributed by atoms with van der Waals surface area (Å²) in [5.74, 6) is -3.57. The Balaban J connectivity index is 1.41. The normalized spacial score (nSPS) is 25.4. The van der Waals surface area contributed by atoms with Crippen molar-refractivity contribution in [2.45, 2.75) is 81.2 Å². The molecular formula is C28H32F3N5O4. The molecule has 0 aromatic heterocycles. The highest BCUT2D eigenvalue weighted by atomic mass is 19.4. The maximum absolute atomic E-state index is 14.1. The van der Waals surface area contributed by atoms with Gasteiger partial charge in [0.2, 0.25) is 17.7 Å². The summed E-state index contributed by atoms with van der Waals surface area (Å²) in [7, 11) is 1.36. The summed E-state index contributed by atoms with van der Waals surface area (Å²) < 4.78 is 39.1. The van der Waals surface area contributed by atoms with Crippen LogP contribution in [0.1, 0.15) is 56.1 Å². The highest BCUT2D eigenvalue weighted by Gasteiger charge is 2.55. The molecule has 2 aliphatic heterocycles. The van der Waals surface area contributed by atoms with Crippen LogP contribution in [0.3, 0.4) is 0 Å². The number of rotatable bonds is 8. The van der Waals surface area contributed by atoms with Gasteiger partial charge >= 0.3 is 12.1 Å². The van der Waals surface area contributed by atoms with Crippen molar-refractivity contribution in [2.24, 2.45) is 11.8 Å². The number of likely N-dealkylation sites (N-methyl/N-ethyl adjacent to an activating group) is 1. The Morgan fingerprint density at radius 1 is 1.18 bits per heavy atom. The van der Waals surface area contributed by atoms with E-state index in [2.05, 4.69) is 11.4 Å². The lowest BCUT2D eigenvalue weighted by molar-refractivity contribution is -0.175. The molecule has 2 N–H and O–H groups in total. The van der Waals surface area contributed by atoms with Gasteiger partial charge in [0.15, 0.2) is 0 Å². The van der Waals surface area contributed by atoms with E-state index in [0.29, 0.717) is 6.54 Å². The first-order chi connectivity index (χ1) is 18.9. The summed E-state index contributed by atoms with van der Waals surface area (Å²) in [4.78, 5) is 55.1. The average Bonchev–Trinajstić information content (AvgIpc) is 3.87. The molecule has 4 atom stereocenters. The highest BCUT2D eigenvalue weighted by Crippen LogP contribution is 2.43. The van der Waals surface area contributed by atoms with Crippen molar-refractivity contribution in [3.05, 3.63) is 35.4 Å². The smallest absolute Gasteiger partial charge is 0.351 e. The molecular weight excluding hydrogens is 527 g/mol. The molecule has 0 bridgehead atoms. The number of carbonyl (C=O) groups excluding carboxylic acids is 4. The van der Waals surface area contributed by atoms with E-state index in [4.69, 9.17) is 0 Å². The number of carbonyl (C=O) groups is 4. The van der Waals surface area contributed by atoms with Crippen LogP contribution in [0.25, 0.3) is 0 Å². The van der Waals surface area contributed by atoms with Crippen molar-refractivity contribution >= 4 is 23.6 Å². The van der Waals surface area contributed by atoms with E-state index in [1.807, 2.05) is 29.6 Å². The van der Waals surface area contributed by atoms with Crippen LogP contribution >= 0.6 is 0 Å². The van der Waals surface area contributed by atoms with Crippen LogP contribution < -0.4 is 10.6 Å². The van der Waals surface area contributed by atoms with Gasteiger partial charge in [0.25, 0.3) is 0 Å². The lowest BCUT2D eigenvalue weighted by Gasteiger charge is -2.36. The van der Waals surface area contributed by atoms with Gasteiger partial charge in [-0.25, -0.2) is 0 Å². The van der Waals surface area contributed by atoms with Crippen LogP contribution in [-0.2, 0) is 31.1 Å². The predicted molar refractivity (Wildman–Crippen MR) is 135 cm³/mol. The van der Waals surface area contributed by atoms with Crippen LogP contribution in [0.4, 0.5) is 13.2 Å². The van der Waals surface area contributed by atoms with E-state index in [1.54, 1.807) is 0 Å². The third kappa shape index (κ3) is 5.38. The molecule has 4 aliphatic rings. The van der Waals surface area contributed by atoms with E-state index in [9.17, 15) is 37.6 Å². The number of nitrogens with zero attached hydrogens (tertiary/aromatic N) is 3. The molecule has 1 aromatic rings. The zero-order chi connectivity index (χ0) is 28.8. The molecule has 5 rings (SSSR count). The molecule has 4 amide bonds. The van der Waals surface area contributed by atoms with E-state index in [1.165, 1.54) is 11.9 Å². The maximum atomic E-state index is 14.1. The molecule has 2 aliphatic carbocycles. The fourth-order valence-electron chi connectivity index (χ4n) is 6.05. The summed E-state index contributed by atoms with van der Waals surface area (Å²) in [6, 6.07) is 6.14. The zero-order valence-electron chi connectivity index (χ0n) is 22.2. The molecule has 1 saturated heterocycles. The number of nitriles is 1. The van der Waals surface area contributed by atoms with Gasteiger partial charge in [-0.15, -0.1) is 0 Å². The van der Waals surface area contributed by atoms with Crippen LogP contribution in [0.5, 0.6) is 0 Å². The predicted octanol–water partition coefficient (Wildman–Crippen LogP) is 2.15. The Labute approximate surface area is 230 Å². The Morgan fingerprint density at radius 3 is 2.45 bits per heavy atom. The van der Waals surface area contributed by atoms with Crippen LogP contribution in [0.2, 0.25) is 0 Å². The second-order valence-corrected chi connectivity index (χ2v) is 11.6. The summed E-state index contributed by atoms with van der Waals surface area (Å²) in [5, 5.41) is 14.7. The van der Waals surface area contributed by atoms with E-state index < -0.39 is 47.4 Å². The first-order valence-corrected chi connectivity index (χ1v) is 13.7. The molecule has 1 spiro atoms. The quantitative estimate of drug-likeness (QED) is 0.506. The van der Waals surface area contributed by atoms with Crippen molar-refractivity contribution in [1.29, 1.82) is 5.26 Å². The van der Waals surface area contributed by atoms with Crippen molar-refractivity contribution in [1.82, 2.24) is 20.4 Å². The molecule has 0 radical (unpaired) electrons. The molecule has 3 fully saturated rings. The number of hydrogen-bond acceptors (Lipinski definition) is 5. The third-order valence-electron chi connectivity index (χ3n) is 8.68. The SMILES string of the molecule is CN(C(=O)[C@H](CC1CC1)NC(=O)C(F)(F)F)[C@@H](CC1CC1)C(=O)N1C[C@]2(C[C@H]1C#N)C(=O)NCc1ccccc12. The molecule has 214 valence electrons. The second kappa shape index (κ2) is 10.4. The molecule has 2 heterocycles. The van der Waals surface area contributed by atoms with Gasteiger partial charge in [-0.3, -0.25) is 19.2 Å². The number of hydrogen-bond donors (Lipinski definition) is 2. The molecule has 1 aromatic carbocycles. The van der Waals surface area contributed by atoms with Crippen molar-refractivity contribution in [3.8, 4) is 6.07 Å². The summed E-state index contributed by atoms with van der Waals surface area (Å²) in [6.45, 7) is 0.294. The van der Waals surface area contributed by atoms with Gasteiger partial charge in [-0.2, -0.15) is 18.4 Å². The Kier molecular flexibility index (Phi) is 7.27. The highest BCUT2D eigenvalue weighted by molar-refractivity contribution is 5.95. The van der Waals surface area contributed by atoms with Gasteiger partial charge in [0.05, 0.1) is 11.5 Å². The van der Waals surface area contributed by atoms with Crippen molar-refractivity contribution in [3.63, 3.8) is 0 Å². The lowest BCUT2D eigenvalue weighted by Crippen LogP contribution is -2.57. The largest absolute Gasteiger partial charge is 0.471 e. The van der Waals surface area contributed by atoms with Gasteiger partial charge in [-0.1, -0.05) is 49.9 Å². The van der Waals surface area contributed by atoms with Crippen LogP contribution in [0, 0.1) is 23.2 Å². The van der Waals surface area contributed by atoms with E-state index in [-0.39, 0.29) is 43.6 Å². The van der Waals surface area contributed by atoms with Crippen molar-refractivity contribution < 1.29 is 32.3 Å². The Bertz CT molecular complexity index is 1260. The van der Waals surface area contributed by atoms with Gasteiger partial charge in [0, 0.05) is 26.6 Å². The number of amides is 4. The zero-order valence-corrected chi connectivity index (χ0v) is 22.2. The first-order valence-electron chi connectivity index (χ1n) is 13.7. The van der Waals surface area contributed by atoms with Gasteiger partial charge in [-0.05, 0) is 35.8 Å². The van der Waals surface area contributed by atoms with Crippen LogP contribution in [0.15, 0.2) is 24.3 Å². The minimum atomic E-state index is -5.15. The lowest BCUT2D eigenvalue weighted by atomic mass is 9.73. The van der Waals surface area contributed by atoms with Crippen LogP contribution in [-0.4, -0.2) is 71.3 Å². The summed E-state index contributed by atoms with van der Waals surface area (Å²) in [5.41, 5.74) is 0.544. The Morgan fingerprint density at radius 2 is 1.82 bits per heavy atom. The summed E-state index contributed by atoms with van der Waals surface area (Å²) in [6.07, 6.45) is -1.50. The molecule has 2 saturated carbocycles. The topological polar surface area (TPSA) is 123 Å². The van der Waals surface area contributed by atoms with Gasteiger partial charge < -0.3 is 20.4 Å². The van der Waals surface area contributed by atoms with E-state index >= 15 is 0 Å². The fourth-order valence-corrected chi connectivity index (χ4v) is 6.05.